The van der Waals surface area contributed by atoms with Crippen molar-refractivity contribution in [2.24, 2.45) is 12.5 Å². The van der Waals surface area contributed by atoms with E-state index in [1.807, 2.05) is 31.1 Å². The van der Waals surface area contributed by atoms with E-state index < -0.39 is 0 Å². The first-order chi connectivity index (χ1) is 11.1. The van der Waals surface area contributed by atoms with Crippen LogP contribution in [-0.2, 0) is 7.05 Å². The molecule has 128 valence electrons. The van der Waals surface area contributed by atoms with Crippen LogP contribution in [0.3, 0.4) is 0 Å². The minimum Gasteiger partial charge on any atom is -0.330 e. The van der Waals surface area contributed by atoms with E-state index in [2.05, 4.69) is 10.4 Å². The van der Waals surface area contributed by atoms with Gasteiger partial charge in [-0.25, -0.2) is 4.79 Å². The van der Waals surface area contributed by atoms with E-state index in [-0.39, 0.29) is 12.1 Å². The number of amides is 2. The molecule has 1 saturated carbocycles. The Balaban J connectivity index is 1.55. The predicted molar refractivity (Wildman–Crippen MR) is 91.1 cm³/mol. The molecule has 5 heteroatoms. The molecule has 2 heterocycles. The van der Waals surface area contributed by atoms with E-state index in [1.54, 1.807) is 4.68 Å². The maximum absolute atomic E-state index is 12.6. The number of carbonyl (C=O) groups excluding carboxylic acids is 1. The molecule has 1 atom stereocenters. The number of carbonyl (C=O) groups is 1. The molecule has 0 aromatic carbocycles. The zero-order chi connectivity index (χ0) is 16.3. The number of nitrogens with one attached hydrogen (secondary N) is 1. The first-order valence-electron chi connectivity index (χ1n) is 9.13. The number of hydrogen-bond donors (Lipinski definition) is 1. The van der Waals surface area contributed by atoms with Gasteiger partial charge in [-0.15, -0.1) is 0 Å². The van der Waals surface area contributed by atoms with Crippen LogP contribution in [0.4, 0.5) is 4.79 Å². The van der Waals surface area contributed by atoms with Crippen LogP contribution in [-0.4, -0.2) is 33.8 Å². The number of aryl methyl sites for hydroxylation is 1. The van der Waals surface area contributed by atoms with E-state index in [1.165, 1.54) is 44.9 Å². The van der Waals surface area contributed by atoms with Crippen molar-refractivity contribution < 1.29 is 4.79 Å². The van der Waals surface area contributed by atoms with Gasteiger partial charge in [0.25, 0.3) is 0 Å². The van der Waals surface area contributed by atoms with Gasteiger partial charge in [0.2, 0.25) is 0 Å². The van der Waals surface area contributed by atoms with Crippen molar-refractivity contribution in [3.05, 3.63) is 18.0 Å². The molecule has 1 saturated heterocycles. The van der Waals surface area contributed by atoms with E-state index in [0.29, 0.717) is 5.41 Å². The minimum atomic E-state index is -0.0457. The molecule has 1 spiro atoms. The average molecular weight is 318 g/mol. The molecule has 3 rings (SSSR count). The van der Waals surface area contributed by atoms with Crippen molar-refractivity contribution in [3.8, 4) is 0 Å². The lowest BCUT2D eigenvalue weighted by Crippen LogP contribution is -2.42. The van der Waals surface area contributed by atoms with E-state index >= 15 is 0 Å². The van der Waals surface area contributed by atoms with Crippen LogP contribution in [0.15, 0.2) is 12.3 Å². The molecule has 0 radical (unpaired) electrons. The maximum atomic E-state index is 12.6. The van der Waals surface area contributed by atoms with Crippen LogP contribution >= 0.6 is 0 Å². The molecular formula is C18H30N4O. The van der Waals surface area contributed by atoms with Crippen molar-refractivity contribution in [2.75, 3.05) is 13.1 Å². The Hall–Kier alpha value is -1.52. The molecule has 23 heavy (non-hydrogen) atoms. The number of rotatable bonds is 2. The van der Waals surface area contributed by atoms with Crippen molar-refractivity contribution in [2.45, 2.75) is 64.3 Å². The van der Waals surface area contributed by atoms with Crippen molar-refractivity contribution in [1.29, 1.82) is 0 Å². The third-order valence-corrected chi connectivity index (χ3v) is 5.77. The lowest BCUT2D eigenvalue weighted by molar-refractivity contribution is 0.157. The number of nitrogens with zero attached hydrogens (tertiary/aromatic N) is 3. The van der Waals surface area contributed by atoms with Gasteiger partial charge in [0, 0.05) is 26.3 Å². The Morgan fingerprint density at radius 1 is 1.17 bits per heavy atom. The Morgan fingerprint density at radius 3 is 2.61 bits per heavy atom. The fourth-order valence-electron chi connectivity index (χ4n) is 4.27. The van der Waals surface area contributed by atoms with Gasteiger partial charge in [-0.1, -0.05) is 19.3 Å². The van der Waals surface area contributed by atoms with Crippen molar-refractivity contribution in [1.82, 2.24) is 20.0 Å². The lowest BCUT2D eigenvalue weighted by Gasteiger charge is -2.36. The largest absolute Gasteiger partial charge is 0.330 e. The summed E-state index contributed by atoms with van der Waals surface area (Å²) >= 11 is 0. The number of urea groups is 1. The molecule has 1 N–H and O–H groups in total. The molecule has 1 aromatic rings. The summed E-state index contributed by atoms with van der Waals surface area (Å²) in [6, 6.07) is 1.98. The number of likely N-dealkylation sites (tertiary alicyclic amines) is 1. The third-order valence-electron chi connectivity index (χ3n) is 5.77. The van der Waals surface area contributed by atoms with Gasteiger partial charge in [0.15, 0.2) is 0 Å². The highest BCUT2D eigenvalue weighted by Gasteiger charge is 2.34. The summed E-state index contributed by atoms with van der Waals surface area (Å²) in [5.41, 5.74) is 1.44. The van der Waals surface area contributed by atoms with E-state index in [4.69, 9.17) is 0 Å². The smallest absolute Gasteiger partial charge is 0.317 e. The number of hydrogen-bond acceptors (Lipinski definition) is 2. The summed E-state index contributed by atoms with van der Waals surface area (Å²) < 4.78 is 1.77. The van der Waals surface area contributed by atoms with E-state index in [0.717, 1.165) is 25.2 Å². The van der Waals surface area contributed by atoms with Crippen LogP contribution in [0.2, 0.25) is 0 Å². The van der Waals surface area contributed by atoms with Crippen LogP contribution in [0.25, 0.3) is 0 Å². The summed E-state index contributed by atoms with van der Waals surface area (Å²) in [5.74, 6) is 0. The molecule has 5 nitrogen and oxygen atoms in total. The average Bonchev–Trinajstić information content (AvgIpc) is 2.88. The van der Waals surface area contributed by atoms with Gasteiger partial charge in [-0.05, 0) is 50.5 Å². The zero-order valence-corrected chi connectivity index (χ0v) is 14.6. The standard InChI is InChI=1S/C18H30N4O/c1-15(16-7-13-21(2)20-16)19-17(23)22-12-6-10-18(11-14-22)8-4-3-5-9-18/h7,13,15H,3-6,8-12,14H2,1-2H3,(H,19,23). The van der Waals surface area contributed by atoms with Gasteiger partial charge in [0.1, 0.15) is 0 Å². The van der Waals surface area contributed by atoms with Crippen molar-refractivity contribution in [3.63, 3.8) is 0 Å². The summed E-state index contributed by atoms with van der Waals surface area (Å²) in [5, 5.41) is 7.49. The maximum Gasteiger partial charge on any atom is 0.317 e. The number of aromatic nitrogens is 2. The first-order valence-corrected chi connectivity index (χ1v) is 9.13. The molecular weight excluding hydrogens is 288 g/mol. The summed E-state index contributed by atoms with van der Waals surface area (Å²) in [6.07, 6.45) is 12.4. The second kappa shape index (κ2) is 6.93. The predicted octanol–water partition coefficient (Wildman–Crippen LogP) is 3.63. The second-order valence-electron chi connectivity index (χ2n) is 7.49. The Bertz CT molecular complexity index is 533. The van der Waals surface area contributed by atoms with Gasteiger partial charge in [-0.3, -0.25) is 4.68 Å². The third kappa shape index (κ3) is 3.88. The fraction of sp³-hybridized carbons (Fsp3) is 0.778. The van der Waals surface area contributed by atoms with Crippen LogP contribution < -0.4 is 5.32 Å². The summed E-state index contributed by atoms with van der Waals surface area (Å²) in [7, 11) is 1.90. The Labute approximate surface area is 139 Å². The Kier molecular flexibility index (Phi) is 4.93. The lowest BCUT2D eigenvalue weighted by atomic mass is 9.69. The monoisotopic (exact) mass is 318 g/mol. The van der Waals surface area contributed by atoms with Crippen LogP contribution in [0, 0.1) is 5.41 Å². The second-order valence-corrected chi connectivity index (χ2v) is 7.49. The topological polar surface area (TPSA) is 50.2 Å². The zero-order valence-electron chi connectivity index (χ0n) is 14.6. The highest BCUT2D eigenvalue weighted by molar-refractivity contribution is 5.74. The molecule has 1 aliphatic carbocycles. The minimum absolute atomic E-state index is 0.0457. The molecule has 1 unspecified atom stereocenters. The van der Waals surface area contributed by atoms with Gasteiger partial charge in [0.05, 0.1) is 11.7 Å². The summed E-state index contributed by atoms with van der Waals surface area (Å²) in [6.45, 7) is 3.80. The molecule has 2 amide bonds. The normalized spacial score (nSPS) is 22.6. The molecule has 0 bridgehead atoms. The molecule has 2 aliphatic rings. The molecule has 1 aromatic heterocycles. The van der Waals surface area contributed by atoms with Crippen LogP contribution in [0.5, 0.6) is 0 Å². The highest BCUT2D eigenvalue weighted by Crippen LogP contribution is 2.44. The van der Waals surface area contributed by atoms with Gasteiger partial charge >= 0.3 is 6.03 Å². The first kappa shape index (κ1) is 16.3. The SMILES string of the molecule is CC(NC(=O)N1CCCC2(CCCCC2)CC1)c1ccn(C)n1. The van der Waals surface area contributed by atoms with Gasteiger partial charge < -0.3 is 10.2 Å². The van der Waals surface area contributed by atoms with Gasteiger partial charge in [-0.2, -0.15) is 5.10 Å². The molecule has 1 aliphatic heterocycles. The van der Waals surface area contributed by atoms with Crippen molar-refractivity contribution >= 4 is 6.03 Å². The highest BCUT2D eigenvalue weighted by atomic mass is 16.2. The Morgan fingerprint density at radius 2 is 1.91 bits per heavy atom. The fourth-order valence-corrected chi connectivity index (χ4v) is 4.27. The molecule has 2 fully saturated rings. The quantitative estimate of drug-likeness (QED) is 0.905. The summed E-state index contributed by atoms with van der Waals surface area (Å²) in [4.78, 5) is 14.6. The van der Waals surface area contributed by atoms with Crippen LogP contribution in [0.1, 0.15) is 70.0 Å². The van der Waals surface area contributed by atoms with E-state index in [9.17, 15) is 4.79 Å².